The second kappa shape index (κ2) is 7.31. The molecule has 0 unspecified atom stereocenters. The van der Waals surface area contributed by atoms with Gasteiger partial charge in [0.1, 0.15) is 0 Å². The molecule has 0 heterocycles. The molecule has 0 saturated heterocycles. The summed E-state index contributed by atoms with van der Waals surface area (Å²) in [5.74, 6) is 0. The Bertz CT molecular complexity index is 711. The van der Waals surface area contributed by atoms with Crippen molar-refractivity contribution in [1.29, 1.82) is 0 Å². The number of nitrogens with zero attached hydrogens (tertiary/aromatic N) is 2. The van der Waals surface area contributed by atoms with E-state index < -0.39 is 0 Å². The van der Waals surface area contributed by atoms with Crippen LogP contribution in [0.5, 0.6) is 0 Å². The zero-order chi connectivity index (χ0) is 16.9. The summed E-state index contributed by atoms with van der Waals surface area (Å²) in [5, 5.41) is 20.6. The Labute approximate surface area is 128 Å². The highest BCUT2D eigenvalue weighted by Crippen LogP contribution is 2.19. The Morgan fingerprint density at radius 2 is 1.41 bits per heavy atom. The average molecular weight is 302 g/mol. The Morgan fingerprint density at radius 1 is 0.773 bits per heavy atom. The largest absolute Gasteiger partial charge is 0.272 e. The molecule has 2 aromatic rings. The summed E-state index contributed by atoms with van der Waals surface area (Å²) in [6.07, 6.45) is 0. The van der Waals surface area contributed by atoms with Crippen molar-refractivity contribution in [2.45, 2.75) is 27.7 Å². The minimum Gasteiger partial charge on any atom is -0.258 e. The molecule has 2 aromatic carbocycles. The Hall–Kier alpha value is -2.76. The van der Waals surface area contributed by atoms with Crippen molar-refractivity contribution in [1.82, 2.24) is 0 Å². The predicted molar refractivity (Wildman–Crippen MR) is 85.1 cm³/mol. The summed E-state index contributed by atoms with van der Waals surface area (Å²) in [6.45, 7) is 7.41. The number of nitro groups is 2. The van der Waals surface area contributed by atoms with E-state index in [0.717, 1.165) is 22.3 Å². The van der Waals surface area contributed by atoms with Gasteiger partial charge in [0.2, 0.25) is 0 Å². The van der Waals surface area contributed by atoms with Crippen LogP contribution in [0.3, 0.4) is 0 Å². The third-order valence-corrected chi connectivity index (χ3v) is 3.47. The van der Waals surface area contributed by atoms with E-state index in [9.17, 15) is 20.2 Å². The highest BCUT2D eigenvalue weighted by atomic mass is 16.6. The van der Waals surface area contributed by atoms with Crippen LogP contribution in [0.25, 0.3) is 0 Å². The van der Waals surface area contributed by atoms with Crippen LogP contribution >= 0.6 is 0 Å². The normalized spacial score (nSPS) is 9.64. The van der Waals surface area contributed by atoms with Crippen molar-refractivity contribution in [3.63, 3.8) is 0 Å². The summed E-state index contributed by atoms with van der Waals surface area (Å²) in [5.41, 5.74) is 4.10. The molecule has 0 amide bonds. The van der Waals surface area contributed by atoms with Crippen molar-refractivity contribution in [3.8, 4) is 0 Å². The van der Waals surface area contributed by atoms with E-state index in [1.807, 2.05) is 26.8 Å². The van der Waals surface area contributed by atoms with Gasteiger partial charge in [-0.3, -0.25) is 20.2 Å². The van der Waals surface area contributed by atoms with Gasteiger partial charge in [-0.2, -0.15) is 0 Å². The van der Waals surface area contributed by atoms with Crippen molar-refractivity contribution in [2.24, 2.45) is 0 Å². The molecule has 6 nitrogen and oxygen atoms in total. The van der Waals surface area contributed by atoms with Crippen LogP contribution in [-0.2, 0) is 0 Å². The molecule has 0 spiro atoms. The molecule has 0 fully saturated rings. The second-order valence-corrected chi connectivity index (χ2v) is 5.00. The SMILES string of the molecule is Cc1ccc([N+](=O)[O-])cc1C.Cc1cccc([N+](=O)[O-])c1C. The minimum absolute atomic E-state index is 0.160. The molecule has 22 heavy (non-hydrogen) atoms. The zero-order valence-electron chi connectivity index (χ0n) is 13.0. The number of hydrogen-bond donors (Lipinski definition) is 0. The van der Waals surface area contributed by atoms with E-state index in [1.165, 1.54) is 12.1 Å². The molecule has 6 heteroatoms. The van der Waals surface area contributed by atoms with Crippen LogP contribution in [0.4, 0.5) is 11.4 Å². The lowest BCUT2D eigenvalue weighted by atomic mass is 10.1. The lowest BCUT2D eigenvalue weighted by Crippen LogP contribution is -1.92. The number of rotatable bonds is 2. The number of aryl methyl sites for hydroxylation is 3. The van der Waals surface area contributed by atoms with E-state index in [1.54, 1.807) is 25.1 Å². The monoisotopic (exact) mass is 302 g/mol. The maximum Gasteiger partial charge on any atom is 0.272 e. The van der Waals surface area contributed by atoms with Crippen molar-refractivity contribution >= 4 is 11.4 Å². The molecule has 0 radical (unpaired) electrons. The van der Waals surface area contributed by atoms with Gasteiger partial charge in [-0.25, -0.2) is 0 Å². The average Bonchev–Trinajstić information content (AvgIpc) is 2.45. The fourth-order valence-corrected chi connectivity index (χ4v) is 1.77. The van der Waals surface area contributed by atoms with Crippen molar-refractivity contribution in [3.05, 3.63) is 78.9 Å². The maximum absolute atomic E-state index is 10.4. The number of hydrogen-bond acceptors (Lipinski definition) is 4. The fraction of sp³-hybridized carbons (Fsp3) is 0.250. The van der Waals surface area contributed by atoms with Gasteiger partial charge in [0.05, 0.1) is 9.85 Å². The molecule has 0 aliphatic heterocycles. The van der Waals surface area contributed by atoms with Crippen molar-refractivity contribution in [2.75, 3.05) is 0 Å². The molecule has 0 aliphatic rings. The van der Waals surface area contributed by atoms with Gasteiger partial charge in [-0.05, 0) is 44.4 Å². The third kappa shape index (κ3) is 4.37. The quantitative estimate of drug-likeness (QED) is 0.606. The van der Waals surface area contributed by atoms with Gasteiger partial charge in [0, 0.05) is 23.8 Å². The standard InChI is InChI=1S/2C8H9NO2/c1-6-3-4-8(9(10)11)5-7(6)2;1-6-4-3-5-8(7(6)2)9(10)11/h2*3-5H,1-2H3. The number of benzene rings is 2. The van der Waals surface area contributed by atoms with Crippen LogP contribution in [0.1, 0.15) is 22.3 Å². The summed E-state index contributed by atoms with van der Waals surface area (Å²) in [7, 11) is 0. The summed E-state index contributed by atoms with van der Waals surface area (Å²) >= 11 is 0. The molecule has 0 aromatic heterocycles. The topological polar surface area (TPSA) is 86.3 Å². The molecule has 0 bridgehead atoms. The predicted octanol–water partition coefficient (Wildman–Crippen LogP) is 4.42. The lowest BCUT2D eigenvalue weighted by molar-refractivity contribution is -0.385. The van der Waals surface area contributed by atoms with Crippen LogP contribution in [0.2, 0.25) is 0 Å². The summed E-state index contributed by atoms with van der Waals surface area (Å²) in [4.78, 5) is 19.9. The van der Waals surface area contributed by atoms with E-state index in [4.69, 9.17) is 0 Å². The first-order valence-electron chi connectivity index (χ1n) is 6.66. The maximum atomic E-state index is 10.4. The molecule has 116 valence electrons. The smallest absolute Gasteiger partial charge is 0.258 e. The van der Waals surface area contributed by atoms with Gasteiger partial charge in [0.15, 0.2) is 0 Å². The third-order valence-electron chi connectivity index (χ3n) is 3.47. The van der Waals surface area contributed by atoms with Crippen LogP contribution in [-0.4, -0.2) is 9.85 Å². The van der Waals surface area contributed by atoms with E-state index in [2.05, 4.69) is 0 Å². The fourth-order valence-electron chi connectivity index (χ4n) is 1.77. The number of nitro benzene ring substituents is 2. The van der Waals surface area contributed by atoms with Gasteiger partial charge in [0.25, 0.3) is 11.4 Å². The Kier molecular flexibility index (Phi) is 5.74. The van der Waals surface area contributed by atoms with Crippen LogP contribution in [0, 0.1) is 47.9 Å². The first-order valence-corrected chi connectivity index (χ1v) is 6.66. The van der Waals surface area contributed by atoms with Gasteiger partial charge in [-0.15, -0.1) is 0 Å². The first-order chi connectivity index (χ1) is 10.2. The zero-order valence-corrected chi connectivity index (χ0v) is 13.0. The van der Waals surface area contributed by atoms with Gasteiger partial charge in [-0.1, -0.05) is 18.2 Å². The van der Waals surface area contributed by atoms with Crippen LogP contribution < -0.4 is 0 Å². The molecule has 0 atom stereocenters. The lowest BCUT2D eigenvalue weighted by Gasteiger charge is -1.98. The molecule has 0 aliphatic carbocycles. The van der Waals surface area contributed by atoms with Crippen LogP contribution in [0.15, 0.2) is 36.4 Å². The highest BCUT2D eigenvalue weighted by molar-refractivity contribution is 5.43. The molecule has 0 N–H and O–H groups in total. The summed E-state index contributed by atoms with van der Waals surface area (Å²) in [6, 6.07) is 9.93. The first kappa shape index (κ1) is 17.3. The van der Waals surface area contributed by atoms with Gasteiger partial charge >= 0.3 is 0 Å². The second-order valence-electron chi connectivity index (χ2n) is 5.00. The Balaban J connectivity index is 0.000000220. The van der Waals surface area contributed by atoms with Crippen molar-refractivity contribution < 1.29 is 9.85 Å². The molecule has 0 saturated carbocycles. The highest BCUT2D eigenvalue weighted by Gasteiger charge is 2.09. The van der Waals surface area contributed by atoms with E-state index in [-0.39, 0.29) is 21.2 Å². The Morgan fingerprint density at radius 3 is 1.86 bits per heavy atom. The molecular weight excluding hydrogens is 284 g/mol. The molecule has 2 rings (SSSR count). The molecular formula is C16H18N2O4. The summed E-state index contributed by atoms with van der Waals surface area (Å²) < 4.78 is 0. The number of non-ortho nitro benzene ring substituents is 1. The van der Waals surface area contributed by atoms with E-state index >= 15 is 0 Å². The van der Waals surface area contributed by atoms with E-state index in [0.29, 0.717) is 0 Å². The minimum atomic E-state index is -0.382. The van der Waals surface area contributed by atoms with Gasteiger partial charge < -0.3 is 0 Å².